The summed E-state index contributed by atoms with van der Waals surface area (Å²) in [5, 5.41) is 6.28. The van der Waals surface area contributed by atoms with Crippen LogP contribution in [0.25, 0.3) is 0 Å². The SMILES string of the molecule is CCOC(=O)[C@H]1[C@@H](c2ccc(OC)cc2)C2(C(=O)c3ccccc3C2=O)[C@@H]2c3ccccc3C=NN21. The second kappa shape index (κ2) is 8.16. The largest absolute Gasteiger partial charge is 0.497 e. The van der Waals surface area contributed by atoms with Crippen molar-refractivity contribution >= 4 is 23.8 Å². The molecule has 180 valence electrons. The molecular formula is C29H24N2O5. The number of carbonyl (C=O) groups excluding carboxylic acids is 3. The topological polar surface area (TPSA) is 85.3 Å². The minimum Gasteiger partial charge on any atom is -0.497 e. The van der Waals surface area contributed by atoms with Gasteiger partial charge in [0, 0.05) is 17.0 Å². The first-order chi connectivity index (χ1) is 17.5. The standard InChI is InChI=1S/C29H24N2O5/c1-3-36-28(34)24-23(17-12-14-19(35-2)15-13-17)29(26(32)21-10-6-7-11-22(21)27(29)33)25-20-9-5-4-8-18(20)16-30-31(24)25/h4-16,23-25H,3H2,1-2H3/t23-,24-,25+/m1/s1. The number of methoxy groups -OCH3 is 1. The van der Waals surface area contributed by atoms with E-state index in [1.807, 2.05) is 36.4 Å². The normalized spacial score (nSPS) is 22.8. The summed E-state index contributed by atoms with van der Waals surface area (Å²) >= 11 is 0. The van der Waals surface area contributed by atoms with E-state index in [0.717, 1.165) is 11.1 Å². The molecule has 1 fully saturated rings. The Morgan fingerprint density at radius 1 is 0.944 bits per heavy atom. The average Bonchev–Trinajstić information content (AvgIpc) is 3.35. The van der Waals surface area contributed by atoms with Gasteiger partial charge in [-0.25, -0.2) is 4.79 Å². The Morgan fingerprint density at radius 2 is 1.58 bits per heavy atom. The van der Waals surface area contributed by atoms with Gasteiger partial charge in [-0.1, -0.05) is 60.7 Å². The van der Waals surface area contributed by atoms with E-state index >= 15 is 0 Å². The molecular weight excluding hydrogens is 456 g/mol. The molecule has 7 heteroatoms. The van der Waals surface area contributed by atoms with Crippen LogP contribution in [-0.4, -0.2) is 48.5 Å². The zero-order valence-electron chi connectivity index (χ0n) is 19.9. The monoisotopic (exact) mass is 480 g/mol. The van der Waals surface area contributed by atoms with E-state index in [4.69, 9.17) is 9.47 Å². The highest BCUT2D eigenvalue weighted by Crippen LogP contribution is 2.64. The molecule has 0 N–H and O–H groups in total. The summed E-state index contributed by atoms with van der Waals surface area (Å²) in [5.41, 5.74) is 1.42. The molecule has 0 bridgehead atoms. The molecule has 0 amide bonds. The molecule has 2 aliphatic heterocycles. The lowest BCUT2D eigenvalue weighted by molar-refractivity contribution is -0.149. The first-order valence-electron chi connectivity index (χ1n) is 11.9. The van der Waals surface area contributed by atoms with E-state index in [2.05, 4.69) is 5.10 Å². The van der Waals surface area contributed by atoms with E-state index in [0.29, 0.717) is 22.4 Å². The van der Waals surface area contributed by atoms with Gasteiger partial charge in [0.1, 0.15) is 11.2 Å². The number of rotatable bonds is 4. The van der Waals surface area contributed by atoms with Crippen LogP contribution in [0.2, 0.25) is 0 Å². The number of carbonyl (C=O) groups is 3. The first-order valence-corrected chi connectivity index (χ1v) is 11.9. The highest BCUT2D eigenvalue weighted by Gasteiger charge is 2.73. The molecule has 3 aromatic rings. The third-order valence-corrected chi connectivity index (χ3v) is 7.58. The van der Waals surface area contributed by atoms with Crippen molar-refractivity contribution in [2.45, 2.75) is 24.9 Å². The van der Waals surface area contributed by atoms with Gasteiger partial charge in [-0.05, 0) is 35.7 Å². The number of hydrogen-bond acceptors (Lipinski definition) is 7. The maximum absolute atomic E-state index is 14.5. The second-order valence-corrected chi connectivity index (χ2v) is 9.18. The zero-order valence-corrected chi connectivity index (χ0v) is 19.9. The summed E-state index contributed by atoms with van der Waals surface area (Å²) in [6, 6.07) is 19.9. The molecule has 3 aromatic carbocycles. The Hall–Kier alpha value is -4.26. The lowest BCUT2D eigenvalue weighted by atomic mass is 9.63. The van der Waals surface area contributed by atoms with Gasteiger partial charge in [0.05, 0.1) is 26.0 Å². The molecule has 1 saturated heterocycles. The molecule has 3 aliphatic rings. The van der Waals surface area contributed by atoms with Crippen molar-refractivity contribution in [3.8, 4) is 5.75 Å². The van der Waals surface area contributed by atoms with Crippen molar-refractivity contribution in [1.29, 1.82) is 0 Å². The average molecular weight is 481 g/mol. The first kappa shape index (κ1) is 22.2. The van der Waals surface area contributed by atoms with Gasteiger partial charge in [-0.3, -0.25) is 14.6 Å². The summed E-state index contributed by atoms with van der Waals surface area (Å²) < 4.78 is 10.8. The molecule has 1 aliphatic carbocycles. The number of esters is 1. The van der Waals surface area contributed by atoms with E-state index in [1.165, 1.54) is 0 Å². The molecule has 7 nitrogen and oxygen atoms in total. The number of hydrogen-bond donors (Lipinski definition) is 0. The minimum absolute atomic E-state index is 0.165. The van der Waals surface area contributed by atoms with Crippen LogP contribution >= 0.6 is 0 Å². The van der Waals surface area contributed by atoms with Gasteiger partial charge < -0.3 is 9.47 Å². The molecule has 1 spiro atoms. The number of hydrazone groups is 1. The van der Waals surface area contributed by atoms with E-state index < -0.39 is 29.4 Å². The summed E-state index contributed by atoms with van der Waals surface area (Å²) in [7, 11) is 1.57. The van der Waals surface area contributed by atoms with Crippen LogP contribution in [0.4, 0.5) is 0 Å². The van der Waals surface area contributed by atoms with Gasteiger partial charge in [0.2, 0.25) is 0 Å². The van der Waals surface area contributed by atoms with Crippen LogP contribution in [-0.2, 0) is 9.53 Å². The van der Waals surface area contributed by atoms with Crippen LogP contribution in [0.5, 0.6) is 5.75 Å². The summed E-state index contributed by atoms with van der Waals surface area (Å²) in [6.45, 7) is 1.90. The van der Waals surface area contributed by atoms with Crippen molar-refractivity contribution in [1.82, 2.24) is 5.01 Å². The van der Waals surface area contributed by atoms with Crippen molar-refractivity contribution in [3.63, 3.8) is 0 Å². The van der Waals surface area contributed by atoms with Crippen LogP contribution in [0, 0.1) is 5.41 Å². The van der Waals surface area contributed by atoms with Crippen molar-refractivity contribution in [3.05, 3.63) is 101 Å². The molecule has 36 heavy (non-hydrogen) atoms. The molecule has 0 saturated carbocycles. The lowest BCUT2D eigenvalue weighted by Crippen LogP contribution is -2.44. The van der Waals surface area contributed by atoms with Gasteiger partial charge in [0.15, 0.2) is 17.6 Å². The number of ketones is 2. The molecule has 3 atom stereocenters. The Kier molecular flexibility index (Phi) is 5.03. The number of fused-ring (bicyclic) bond motifs is 5. The number of nitrogens with zero attached hydrogens (tertiary/aromatic N) is 2. The highest BCUT2D eigenvalue weighted by molar-refractivity contribution is 6.31. The zero-order chi connectivity index (χ0) is 25.0. The lowest BCUT2D eigenvalue weighted by Gasteiger charge is -2.36. The van der Waals surface area contributed by atoms with Gasteiger partial charge in [-0.2, -0.15) is 5.10 Å². The fourth-order valence-electron chi connectivity index (χ4n) is 6.16. The number of Topliss-reactive ketones (excluding diaryl/α,β-unsaturated/α-hetero) is 2. The Bertz CT molecular complexity index is 1390. The summed E-state index contributed by atoms with van der Waals surface area (Å²) in [5.74, 6) is -1.31. The fourth-order valence-corrected chi connectivity index (χ4v) is 6.16. The summed E-state index contributed by atoms with van der Waals surface area (Å²) in [4.78, 5) is 42.5. The molecule has 6 rings (SSSR count). The predicted molar refractivity (Wildman–Crippen MR) is 132 cm³/mol. The number of benzene rings is 3. The van der Waals surface area contributed by atoms with Crippen molar-refractivity contribution in [2.24, 2.45) is 10.5 Å². The van der Waals surface area contributed by atoms with Crippen LogP contribution in [0.1, 0.15) is 56.3 Å². The molecule has 0 aromatic heterocycles. The van der Waals surface area contributed by atoms with Crippen LogP contribution in [0.3, 0.4) is 0 Å². The quantitative estimate of drug-likeness (QED) is 0.411. The molecule has 2 heterocycles. The Labute approximate surface area is 208 Å². The Morgan fingerprint density at radius 3 is 2.22 bits per heavy atom. The van der Waals surface area contributed by atoms with Crippen molar-refractivity contribution < 1.29 is 23.9 Å². The van der Waals surface area contributed by atoms with Gasteiger partial charge in [-0.15, -0.1) is 0 Å². The third kappa shape index (κ3) is 2.80. The van der Waals surface area contributed by atoms with Crippen molar-refractivity contribution in [2.75, 3.05) is 13.7 Å². The third-order valence-electron chi connectivity index (χ3n) is 7.58. The molecule has 0 unspecified atom stereocenters. The second-order valence-electron chi connectivity index (χ2n) is 9.18. The minimum atomic E-state index is -1.59. The maximum Gasteiger partial charge on any atom is 0.331 e. The van der Waals surface area contributed by atoms with Gasteiger partial charge in [0.25, 0.3) is 0 Å². The smallest absolute Gasteiger partial charge is 0.331 e. The maximum atomic E-state index is 14.5. The fraction of sp³-hybridized carbons (Fsp3) is 0.241. The van der Waals surface area contributed by atoms with E-state index in [-0.39, 0.29) is 18.2 Å². The molecule has 0 radical (unpaired) electrons. The van der Waals surface area contributed by atoms with E-state index in [1.54, 1.807) is 61.7 Å². The van der Waals surface area contributed by atoms with Crippen LogP contribution in [0.15, 0.2) is 77.9 Å². The van der Waals surface area contributed by atoms with Gasteiger partial charge >= 0.3 is 5.97 Å². The summed E-state index contributed by atoms with van der Waals surface area (Å²) in [6.07, 6.45) is 1.68. The highest BCUT2D eigenvalue weighted by atomic mass is 16.5. The predicted octanol–water partition coefficient (Wildman–Crippen LogP) is 4.18. The number of ether oxygens (including phenoxy) is 2. The van der Waals surface area contributed by atoms with E-state index in [9.17, 15) is 14.4 Å². The van der Waals surface area contributed by atoms with Crippen LogP contribution < -0.4 is 4.74 Å². The Balaban J connectivity index is 1.67.